The van der Waals surface area contributed by atoms with E-state index in [4.69, 9.17) is 11.6 Å². The Labute approximate surface area is 126 Å². The van der Waals surface area contributed by atoms with Crippen LogP contribution in [-0.4, -0.2) is 23.4 Å². The Morgan fingerprint density at radius 3 is 2.55 bits per heavy atom. The van der Waals surface area contributed by atoms with Gasteiger partial charge in [-0.05, 0) is 49.8 Å². The lowest BCUT2D eigenvalue weighted by Crippen LogP contribution is -2.42. The molecule has 1 saturated heterocycles. The average Bonchev–Trinajstić information content (AvgIpc) is 3.27. The largest absolute Gasteiger partial charge is 0.339 e. The van der Waals surface area contributed by atoms with Crippen LogP contribution in [0.3, 0.4) is 0 Å². The van der Waals surface area contributed by atoms with Gasteiger partial charge in [0.1, 0.15) is 0 Å². The van der Waals surface area contributed by atoms with Gasteiger partial charge in [-0.2, -0.15) is 0 Å². The molecule has 108 valence electrons. The Hall–Kier alpha value is -1.02. The topological polar surface area (TPSA) is 20.3 Å². The number of carbonyl (C=O) groups excluding carboxylic acids is 1. The Bertz CT molecular complexity index is 466. The predicted octanol–water partition coefficient (Wildman–Crippen LogP) is 4.06. The first kappa shape index (κ1) is 13.9. The zero-order valence-corrected chi connectivity index (χ0v) is 12.6. The number of hydrogen-bond donors (Lipinski definition) is 0. The van der Waals surface area contributed by atoms with E-state index in [-0.39, 0.29) is 0 Å². The van der Waals surface area contributed by atoms with Crippen LogP contribution in [0.4, 0.5) is 0 Å². The van der Waals surface area contributed by atoms with Crippen molar-refractivity contribution >= 4 is 17.5 Å². The number of benzene rings is 1. The molecule has 0 N–H and O–H groups in total. The Morgan fingerprint density at radius 2 is 1.85 bits per heavy atom. The third-order valence-corrected chi connectivity index (χ3v) is 4.72. The molecular formula is C17H22ClNO. The summed E-state index contributed by atoms with van der Waals surface area (Å²) in [6, 6.07) is 8.45. The molecule has 2 fully saturated rings. The van der Waals surface area contributed by atoms with Gasteiger partial charge in [0.25, 0.3) is 0 Å². The maximum atomic E-state index is 12.5. The molecule has 20 heavy (non-hydrogen) atoms. The summed E-state index contributed by atoms with van der Waals surface area (Å²) in [5.74, 6) is 0.742. The molecule has 0 radical (unpaired) electrons. The fourth-order valence-corrected chi connectivity index (χ4v) is 3.26. The van der Waals surface area contributed by atoms with E-state index >= 15 is 0 Å². The summed E-state index contributed by atoms with van der Waals surface area (Å²) in [6.45, 7) is 0.952. The highest BCUT2D eigenvalue weighted by Crippen LogP contribution is 2.33. The minimum atomic E-state index is 0.334. The summed E-state index contributed by atoms with van der Waals surface area (Å²) < 4.78 is 0. The predicted molar refractivity (Wildman–Crippen MR) is 81.8 cm³/mol. The van der Waals surface area contributed by atoms with Gasteiger partial charge in [-0.3, -0.25) is 4.79 Å². The van der Waals surface area contributed by atoms with Crippen molar-refractivity contribution in [1.29, 1.82) is 0 Å². The SMILES string of the molecule is O=C(C1CC1)N1CCCCCC1Cc1ccc(Cl)cc1. The number of likely N-dealkylation sites (tertiary alicyclic amines) is 1. The van der Waals surface area contributed by atoms with E-state index < -0.39 is 0 Å². The van der Waals surface area contributed by atoms with Crippen LogP contribution in [-0.2, 0) is 11.2 Å². The lowest BCUT2D eigenvalue weighted by Gasteiger charge is -2.30. The zero-order valence-electron chi connectivity index (χ0n) is 11.9. The number of nitrogens with zero attached hydrogens (tertiary/aromatic N) is 1. The van der Waals surface area contributed by atoms with E-state index in [2.05, 4.69) is 17.0 Å². The molecule has 1 amide bonds. The van der Waals surface area contributed by atoms with Crippen molar-refractivity contribution in [3.8, 4) is 0 Å². The van der Waals surface area contributed by atoms with Gasteiger partial charge >= 0.3 is 0 Å². The van der Waals surface area contributed by atoms with Crippen LogP contribution in [0.2, 0.25) is 5.02 Å². The van der Waals surface area contributed by atoms with Crippen LogP contribution in [0.25, 0.3) is 0 Å². The maximum Gasteiger partial charge on any atom is 0.225 e. The standard InChI is InChI=1S/C17H22ClNO/c18-15-9-5-13(6-10-15)12-16-4-2-1-3-11-19(16)17(20)14-7-8-14/h5-6,9-10,14,16H,1-4,7-8,11-12H2. The van der Waals surface area contributed by atoms with Gasteiger partial charge in [0, 0.05) is 23.5 Å². The second kappa shape index (κ2) is 6.17. The van der Waals surface area contributed by atoms with Crippen LogP contribution < -0.4 is 0 Å². The van der Waals surface area contributed by atoms with Crippen molar-refractivity contribution in [2.24, 2.45) is 5.92 Å². The monoisotopic (exact) mass is 291 g/mol. The average molecular weight is 292 g/mol. The molecule has 1 unspecified atom stereocenters. The van der Waals surface area contributed by atoms with Crippen molar-refractivity contribution < 1.29 is 4.79 Å². The zero-order chi connectivity index (χ0) is 13.9. The summed E-state index contributed by atoms with van der Waals surface area (Å²) in [5.41, 5.74) is 1.29. The molecule has 2 aliphatic rings. The molecule has 1 aromatic carbocycles. The van der Waals surface area contributed by atoms with Crippen LogP contribution >= 0.6 is 11.6 Å². The lowest BCUT2D eigenvalue weighted by atomic mass is 10.0. The first-order valence-electron chi connectivity index (χ1n) is 7.79. The van der Waals surface area contributed by atoms with Gasteiger partial charge in [-0.15, -0.1) is 0 Å². The van der Waals surface area contributed by atoms with Gasteiger partial charge in [-0.1, -0.05) is 36.6 Å². The highest BCUT2D eigenvalue weighted by Gasteiger charge is 2.36. The van der Waals surface area contributed by atoms with Crippen LogP contribution in [0.5, 0.6) is 0 Å². The van der Waals surface area contributed by atoms with E-state index in [1.807, 2.05) is 12.1 Å². The number of carbonyl (C=O) groups is 1. The first-order valence-corrected chi connectivity index (χ1v) is 8.17. The summed E-state index contributed by atoms with van der Waals surface area (Å²) in [5, 5.41) is 0.778. The molecule has 1 atom stereocenters. The van der Waals surface area contributed by atoms with E-state index in [0.29, 0.717) is 17.9 Å². The molecule has 1 aliphatic heterocycles. The molecule has 0 aromatic heterocycles. The van der Waals surface area contributed by atoms with Crippen LogP contribution in [0.15, 0.2) is 24.3 Å². The van der Waals surface area contributed by atoms with Gasteiger partial charge in [-0.25, -0.2) is 0 Å². The van der Waals surface area contributed by atoms with Crippen LogP contribution in [0, 0.1) is 5.92 Å². The van der Waals surface area contributed by atoms with E-state index in [0.717, 1.165) is 43.7 Å². The molecule has 3 rings (SSSR count). The quantitative estimate of drug-likeness (QED) is 0.822. The van der Waals surface area contributed by atoms with Gasteiger partial charge in [0.2, 0.25) is 5.91 Å². The molecule has 1 heterocycles. The van der Waals surface area contributed by atoms with Gasteiger partial charge < -0.3 is 4.90 Å². The second-order valence-electron chi connectivity index (χ2n) is 6.14. The van der Waals surface area contributed by atoms with E-state index in [1.54, 1.807) is 0 Å². The molecule has 0 spiro atoms. The number of halogens is 1. The van der Waals surface area contributed by atoms with Crippen molar-refractivity contribution in [2.45, 2.75) is 51.0 Å². The highest BCUT2D eigenvalue weighted by molar-refractivity contribution is 6.30. The molecule has 3 heteroatoms. The summed E-state index contributed by atoms with van der Waals surface area (Å²) in [7, 11) is 0. The Kier molecular flexibility index (Phi) is 4.30. The number of hydrogen-bond acceptors (Lipinski definition) is 1. The molecule has 2 nitrogen and oxygen atoms in total. The van der Waals surface area contributed by atoms with Crippen LogP contribution in [0.1, 0.15) is 44.1 Å². The molecule has 0 bridgehead atoms. The summed E-state index contributed by atoms with van der Waals surface area (Å²) in [4.78, 5) is 14.7. The summed E-state index contributed by atoms with van der Waals surface area (Å²) in [6.07, 6.45) is 7.97. The molecule has 1 aromatic rings. The molecule has 1 aliphatic carbocycles. The first-order chi connectivity index (χ1) is 9.74. The smallest absolute Gasteiger partial charge is 0.225 e. The Balaban J connectivity index is 1.72. The maximum absolute atomic E-state index is 12.5. The Morgan fingerprint density at radius 1 is 1.10 bits per heavy atom. The van der Waals surface area contributed by atoms with Crippen molar-refractivity contribution in [2.75, 3.05) is 6.54 Å². The normalized spacial score (nSPS) is 23.4. The van der Waals surface area contributed by atoms with E-state index in [9.17, 15) is 4.79 Å². The van der Waals surface area contributed by atoms with Gasteiger partial charge in [0.05, 0.1) is 0 Å². The van der Waals surface area contributed by atoms with Gasteiger partial charge in [0.15, 0.2) is 0 Å². The van der Waals surface area contributed by atoms with Crippen molar-refractivity contribution in [3.05, 3.63) is 34.9 Å². The number of amides is 1. The summed E-state index contributed by atoms with van der Waals surface area (Å²) >= 11 is 5.94. The third kappa shape index (κ3) is 3.35. The highest BCUT2D eigenvalue weighted by atomic mass is 35.5. The third-order valence-electron chi connectivity index (χ3n) is 4.47. The fraction of sp³-hybridized carbons (Fsp3) is 0.588. The van der Waals surface area contributed by atoms with Crippen molar-refractivity contribution in [3.63, 3.8) is 0 Å². The van der Waals surface area contributed by atoms with E-state index in [1.165, 1.54) is 18.4 Å². The minimum Gasteiger partial charge on any atom is -0.339 e. The minimum absolute atomic E-state index is 0.334. The fourth-order valence-electron chi connectivity index (χ4n) is 3.14. The molecule has 1 saturated carbocycles. The number of rotatable bonds is 3. The molecular weight excluding hydrogens is 270 g/mol. The lowest BCUT2D eigenvalue weighted by molar-refractivity contribution is -0.134. The van der Waals surface area contributed by atoms with Crippen molar-refractivity contribution in [1.82, 2.24) is 4.90 Å². The second-order valence-corrected chi connectivity index (χ2v) is 6.58.